The van der Waals surface area contributed by atoms with E-state index in [9.17, 15) is 0 Å². The van der Waals surface area contributed by atoms with Gasteiger partial charge in [0, 0.05) is 17.2 Å². The molecule has 0 bridgehead atoms. The Morgan fingerprint density at radius 2 is 2.06 bits per heavy atom. The zero-order chi connectivity index (χ0) is 12.4. The molecule has 0 radical (unpaired) electrons. The second kappa shape index (κ2) is 4.94. The van der Waals surface area contributed by atoms with Crippen LogP contribution in [0.3, 0.4) is 0 Å². The van der Waals surface area contributed by atoms with Crippen LogP contribution in [0.15, 0.2) is 30.6 Å². The molecule has 0 saturated carbocycles. The summed E-state index contributed by atoms with van der Waals surface area (Å²) >= 11 is 0. The second-order valence-electron chi connectivity index (χ2n) is 5.06. The van der Waals surface area contributed by atoms with Crippen LogP contribution in [0.2, 0.25) is 0 Å². The Kier molecular flexibility index (Phi) is 3.15. The number of nitrogens with zero attached hydrogens (tertiary/aromatic N) is 1. The van der Waals surface area contributed by atoms with E-state index in [1.165, 1.54) is 29.7 Å². The molecule has 2 heterocycles. The lowest BCUT2D eigenvalue weighted by Gasteiger charge is -2.22. The molecule has 1 saturated heterocycles. The van der Waals surface area contributed by atoms with Gasteiger partial charge in [-0.3, -0.25) is 0 Å². The fourth-order valence-electron chi connectivity index (χ4n) is 2.75. The van der Waals surface area contributed by atoms with Crippen LogP contribution in [0.25, 0.3) is 11.3 Å². The van der Waals surface area contributed by atoms with Crippen molar-refractivity contribution in [2.45, 2.75) is 25.7 Å². The van der Waals surface area contributed by atoms with Crippen molar-refractivity contribution < 1.29 is 0 Å². The number of imidazole rings is 1. The lowest BCUT2D eigenvalue weighted by Crippen LogP contribution is -2.27. The summed E-state index contributed by atoms with van der Waals surface area (Å²) in [5.41, 5.74) is 4.95. The zero-order valence-electron chi connectivity index (χ0n) is 10.7. The summed E-state index contributed by atoms with van der Waals surface area (Å²) in [4.78, 5) is 7.88. The van der Waals surface area contributed by atoms with Crippen LogP contribution in [0, 0.1) is 6.92 Å². The third-order valence-corrected chi connectivity index (χ3v) is 3.71. The molecule has 18 heavy (non-hydrogen) atoms. The number of H-pyrrole nitrogens is 1. The number of aryl methyl sites for hydroxylation is 1. The number of benzene rings is 1. The number of hydrogen-bond acceptors (Lipinski definition) is 2. The Balaban J connectivity index is 1.95. The molecular formula is C15H19N3. The van der Waals surface area contributed by atoms with E-state index in [2.05, 4.69) is 46.5 Å². The summed E-state index contributed by atoms with van der Waals surface area (Å²) in [5, 5.41) is 3.41. The predicted octanol–water partition coefficient (Wildman–Crippen LogP) is 2.85. The monoisotopic (exact) mass is 241 g/mol. The highest BCUT2D eigenvalue weighted by atomic mass is 14.9. The van der Waals surface area contributed by atoms with Crippen LogP contribution < -0.4 is 5.32 Å². The number of piperidine rings is 1. The summed E-state index contributed by atoms with van der Waals surface area (Å²) in [6.45, 7) is 4.34. The minimum Gasteiger partial charge on any atom is -0.348 e. The van der Waals surface area contributed by atoms with Crippen molar-refractivity contribution in [1.29, 1.82) is 0 Å². The Labute approximate surface area is 108 Å². The molecule has 3 nitrogen and oxygen atoms in total. The van der Waals surface area contributed by atoms with Crippen molar-refractivity contribution in [2.24, 2.45) is 0 Å². The minimum atomic E-state index is 0.615. The average molecular weight is 241 g/mol. The van der Waals surface area contributed by atoms with Crippen molar-refractivity contribution in [2.75, 3.05) is 13.1 Å². The van der Waals surface area contributed by atoms with Crippen LogP contribution >= 0.6 is 0 Å². The quantitative estimate of drug-likeness (QED) is 0.848. The van der Waals surface area contributed by atoms with Gasteiger partial charge in [-0.15, -0.1) is 0 Å². The first-order valence-electron chi connectivity index (χ1n) is 6.65. The molecule has 1 aliphatic rings. The largest absolute Gasteiger partial charge is 0.348 e. The van der Waals surface area contributed by atoms with E-state index >= 15 is 0 Å². The van der Waals surface area contributed by atoms with Gasteiger partial charge in [0.2, 0.25) is 0 Å². The van der Waals surface area contributed by atoms with Gasteiger partial charge in [-0.25, -0.2) is 4.98 Å². The molecule has 0 atom stereocenters. The van der Waals surface area contributed by atoms with E-state index < -0.39 is 0 Å². The van der Waals surface area contributed by atoms with Crippen LogP contribution in [-0.2, 0) is 0 Å². The van der Waals surface area contributed by atoms with Gasteiger partial charge < -0.3 is 10.3 Å². The summed E-state index contributed by atoms with van der Waals surface area (Å²) in [5.74, 6) is 0.615. The first kappa shape index (κ1) is 11.5. The van der Waals surface area contributed by atoms with E-state index in [0.717, 1.165) is 18.8 Å². The Morgan fingerprint density at radius 1 is 1.22 bits per heavy atom. The fraction of sp³-hybridized carbons (Fsp3) is 0.400. The Hall–Kier alpha value is -1.61. The summed E-state index contributed by atoms with van der Waals surface area (Å²) in [6.07, 6.45) is 4.22. The molecule has 2 aromatic rings. The van der Waals surface area contributed by atoms with Crippen LogP contribution in [0.5, 0.6) is 0 Å². The molecule has 3 heteroatoms. The number of rotatable bonds is 2. The van der Waals surface area contributed by atoms with Gasteiger partial charge in [0.1, 0.15) is 0 Å². The molecule has 1 aliphatic heterocycles. The molecule has 0 unspecified atom stereocenters. The third-order valence-electron chi connectivity index (χ3n) is 3.71. The standard InChI is InChI=1S/C15H19N3/c1-11-3-2-4-13(9-11)15-14(17-10-18-15)12-5-7-16-8-6-12/h2-4,9-10,12,16H,5-8H2,1H3,(H,17,18). The van der Waals surface area contributed by atoms with Crippen LogP contribution in [-0.4, -0.2) is 23.1 Å². The van der Waals surface area contributed by atoms with Gasteiger partial charge in [0.25, 0.3) is 0 Å². The summed E-state index contributed by atoms with van der Waals surface area (Å²) < 4.78 is 0. The molecule has 2 N–H and O–H groups in total. The highest BCUT2D eigenvalue weighted by Crippen LogP contribution is 2.31. The van der Waals surface area contributed by atoms with Gasteiger partial charge in [0.05, 0.1) is 12.0 Å². The predicted molar refractivity (Wildman–Crippen MR) is 73.6 cm³/mol. The number of nitrogens with one attached hydrogen (secondary N) is 2. The molecular weight excluding hydrogens is 222 g/mol. The van der Waals surface area contributed by atoms with Crippen molar-refractivity contribution in [3.05, 3.63) is 41.9 Å². The molecule has 0 spiro atoms. The first-order valence-corrected chi connectivity index (χ1v) is 6.65. The van der Waals surface area contributed by atoms with E-state index in [0.29, 0.717) is 5.92 Å². The van der Waals surface area contributed by atoms with Gasteiger partial charge in [-0.2, -0.15) is 0 Å². The van der Waals surface area contributed by atoms with Gasteiger partial charge >= 0.3 is 0 Å². The molecule has 0 aliphatic carbocycles. The lowest BCUT2D eigenvalue weighted by atomic mass is 9.91. The summed E-state index contributed by atoms with van der Waals surface area (Å²) in [6, 6.07) is 8.58. The molecule has 94 valence electrons. The highest BCUT2D eigenvalue weighted by molar-refractivity contribution is 5.63. The third kappa shape index (κ3) is 2.18. The topological polar surface area (TPSA) is 40.7 Å². The highest BCUT2D eigenvalue weighted by Gasteiger charge is 2.20. The van der Waals surface area contributed by atoms with E-state index in [1.54, 1.807) is 0 Å². The fourth-order valence-corrected chi connectivity index (χ4v) is 2.75. The lowest BCUT2D eigenvalue weighted by molar-refractivity contribution is 0.455. The number of aromatic nitrogens is 2. The smallest absolute Gasteiger partial charge is 0.0929 e. The molecule has 1 aromatic heterocycles. The van der Waals surface area contributed by atoms with E-state index in [4.69, 9.17) is 0 Å². The van der Waals surface area contributed by atoms with Gasteiger partial charge in [0.15, 0.2) is 0 Å². The van der Waals surface area contributed by atoms with Crippen molar-refractivity contribution in [1.82, 2.24) is 15.3 Å². The van der Waals surface area contributed by atoms with Gasteiger partial charge in [-0.05, 0) is 38.9 Å². The number of hydrogen-bond donors (Lipinski definition) is 2. The second-order valence-corrected chi connectivity index (χ2v) is 5.06. The van der Waals surface area contributed by atoms with Crippen molar-refractivity contribution in [3.8, 4) is 11.3 Å². The maximum atomic E-state index is 4.53. The molecule has 1 fully saturated rings. The van der Waals surface area contributed by atoms with Crippen molar-refractivity contribution >= 4 is 0 Å². The van der Waals surface area contributed by atoms with Gasteiger partial charge in [-0.1, -0.05) is 23.8 Å². The van der Waals surface area contributed by atoms with E-state index in [-0.39, 0.29) is 0 Å². The summed E-state index contributed by atoms with van der Waals surface area (Å²) in [7, 11) is 0. The Bertz CT molecular complexity index is 524. The average Bonchev–Trinajstić information content (AvgIpc) is 2.89. The minimum absolute atomic E-state index is 0.615. The maximum absolute atomic E-state index is 4.53. The van der Waals surface area contributed by atoms with Crippen LogP contribution in [0.4, 0.5) is 0 Å². The molecule has 1 aromatic carbocycles. The maximum Gasteiger partial charge on any atom is 0.0929 e. The Morgan fingerprint density at radius 3 is 2.83 bits per heavy atom. The molecule has 0 amide bonds. The molecule has 3 rings (SSSR count). The van der Waals surface area contributed by atoms with E-state index in [1.807, 2.05) is 6.33 Å². The first-order chi connectivity index (χ1) is 8.84. The van der Waals surface area contributed by atoms with Crippen molar-refractivity contribution in [3.63, 3.8) is 0 Å². The SMILES string of the molecule is Cc1cccc(-c2nc[nH]c2C2CCNCC2)c1. The zero-order valence-corrected chi connectivity index (χ0v) is 10.7. The van der Waals surface area contributed by atoms with Crippen LogP contribution in [0.1, 0.15) is 30.0 Å². The number of aromatic amines is 1. The normalized spacial score (nSPS) is 16.9.